The summed E-state index contributed by atoms with van der Waals surface area (Å²) in [5, 5.41) is 12.3. The fraction of sp³-hybridized carbons (Fsp3) is 0.158. The summed E-state index contributed by atoms with van der Waals surface area (Å²) in [6.07, 6.45) is 1.57. The lowest BCUT2D eigenvalue weighted by atomic mass is 10.0. The van der Waals surface area contributed by atoms with Gasteiger partial charge in [0.15, 0.2) is 0 Å². The summed E-state index contributed by atoms with van der Waals surface area (Å²) >= 11 is 6.01. The van der Waals surface area contributed by atoms with E-state index < -0.39 is 5.91 Å². The van der Waals surface area contributed by atoms with Crippen molar-refractivity contribution in [2.45, 2.75) is 19.8 Å². The van der Waals surface area contributed by atoms with E-state index in [1.54, 1.807) is 30.3 Å². The summed E-state index contributed by atoms with van der Waals surface area (Å²) in [6, 6.07) is 16.6. The van der Waals surface area contributed by atoms with Gasteiger partial charge < -0.3 is 5.32 Å². The number of amides is 1. The van der Waals surface area contributed by atoms with E-state index in [0.717, 1.165) is 5.56 Å². The zero-order valence-electron chi connectivity index (χ0n) is 13.0. The quantitative estimate of drug-likeness (QED) is 0.635. The largest absolute Gasteiger partial charge is 0.320 e. The number of para-hydroxylation sites is 1. The molecule has 0 unspecified atom stereocenters. The van der Waals surface area contributed by atoms with Gasteiger partial charge in [0.25, 0.3) is 5.91 Å². The molecule has 1 amide bonds. The number of halogens is 1. The smallest absolute Gasteiger partial charge is 0.266 e. The minimum Gasteiger partial charge on any atom is -0.320 e. The highest BCUT2D eigenvalue weighted by molar-refractivity contribution is 6.34. The first-order valence-electron chi connectivity index (χ1n) is 7.29. The molecule has 116 valence electrons. The van der Waals surface area contributed by atoms with Crippen molar-refractivity contribution in [1.82, 2.24) is 0 Å². The van der Waals surface area contributed by atoms with E-state index in [0.29, 0.717) is 16.6 Å². The van der Waals surface area contributed by atoms with Crippen LogP contribution in [0.15, 0.2) is 54.1 Å². The number of anilines is 1. The maximum Gasteiger partial charge on any atom is 0.266 e. The monoisotopic (exact) mass is 324 g/mol. The molecule has 0 saturated heterocycles. The van der Waals surface area contributed by atoms with Crippen molar-refractivity contribution < 1.29 is 4.79 Å². The lowest BCUT2D eigenvalue weighted by Gasteiger charge is -2.07. The van der Waals surface area contributed by atoms with E-state index in [9.17, 15) is 10.1 Å². The molecule has 0 bridgehead atoms. The van der Waals surface area contributed by atoms with Crippen molar-refractivity contribution >= 4 is 29.3 Å². The Labute approximate surface area is 141 Å². The van der Waals surface area contributed by atoms with E-state index in [4.69, 9.17) is 11.6 Å². The molecule has 0 spiro atoms. The molecule has 2 aromatic carbocycles. The number of benzene rings is 2. The Balaban J connectivity index is 2.20. The van der Waals surface area contributed by atoms with Gasteiger partial charge in [-0.15, -0.1) is 0 Å². The number of rotatable bonds is 4. The normalized spacial score (nSPS) is 11.2. The van der Waals surface area contributed by atoms with E-state index in [1.807, 2.05) is 30.3 Å². The first kappa shape index (κ1) is 16.8. The number of nitrogens with one attached hydrogen (secondary N) is 1. The Kier molecular flexibility index (Phi) is 5.56. The van der Waals surface area contributed by atoms with E-state index >= 15 is 0 Å². The number of hydrogen-bond acceptors (Lipinski definition) is 2. The number of carbonyl (C=O) groups is 1. The summed E-state index contributed by atoms with van der Waals surface area (Å²) in [5.41, 5.74) is 2.53. The molecular formula is C19H17ClN2O. The molecule has 0 atom stereocenters. The molecule has 0 aromatic heterocycles. The standard InChI is InChI=1S/C19H17ClN2O/c1-13(2)15-9-7-14(8-10-15)11-16(12-21)19(23)22-18-6-4-3-5-17(18)20/h3-11,13H,1-2H3,(H,22,23)/b16-11+. The fourth-order valence-electron chi connectivity index (χ4n) is 2.04. The van der Waals surface area contributed by atoms with Gasteiger partial charge in [0.1, 0.15) is 11.6 Å². The Morgan fingerprint density at radius 2 is 1.83 bits per heavy atom. The summed E-state index contributed by atoms with van der Waals surface area (Å²) in [6.45, 7) is 4.23. The van der Waals surface area contributed by atoms with Crippen molar-refractivity contribution in [1.29, 1.82) is 5.26 Å². The lowest BCUT2D eigenvalue weighted by molar-refractivity contribution is -0.112. The van der Waals surface area contributed by atoms with Crippen LogP contribution in [0.25, 0.3) is 6.08 Å². The molecule has 0 saturated carbocycles. The second-order valence-electron chi connectivity index (χ2n) is 5.43. The molecule has 23 heavy (non-hydrogen) atoms. The summed E-state index contributed by atoms with van der Waals surface area (Å²) in [4.78, 5) is 12.2. The lowest BCUT2D eigenvalue weighted by Crippen LogP contribution is -2.13. The Morgan fingerprint density at radius 1 is 1.17 bits per heavy atom. The zero-order chi connectivity index (χ0) is 16.8. The van der Waals surface area contributed by atoms with Gasteiger partial charge in [-0.05, 0) is 35.3 Å². The molecule has 1 N–H and O–H groups in total. The molecule has 0 aliphatic heterocycles. The molecular weight excluding hydrogens is 308 g/mol. The van der Waals surface area contributed by atoms with E-state index in [-0.39, 0.29) is 5.57 Å². The Morgan fingerprint density at radius 3 is 2.39 bits per heavy atom. The third kappa shape index (κ3) is 4.45. The van der Waals surface area contributed by atoms with Gasteiger partial charge in [-0.25, -0.2) is 0 Å². The zero-order valence-corrected chi connectivity index (χ0v) is 13.8. The van der Waals surface area contributed by atoms with Gasteiger partial charge in [-0.2, -0.15) is 5.26 Å². The van der Waals surface area contributed by atoms with Crippen LogP contribution in [0.3, 0.4) is 0 Å². The van der Waals surface area contributed by atoms with Crippen LogP contribution in [-0.2, 0) is 4.79 Å². The fourth-order valence-corrected chi connectivity index (χ4v) is 2.23. The maximum absolute atomic E-state index is 12.2. The SMILES string of the molecule is CC(C)c1ccc(/C=C(\C#N)C(=O)Nc2ccccc2Cl)cc1. The second kappa shape index (κ2) is 7.62. The minimum absolute atomic E-state index is 0.0298. The third-order valence-corrected chi connectivity index (χ3v) is 3.73. The van der Waals surface area contributed by atoms with Crippen LogP contribution in [0.2, 0.25) is 5.02 Å². The first-order valence-corrected chi connectivity index (χ1v) is 7.66. The van der Waals surface area contributed by atoms with Crippen LogP contribution < -0.4 is 5.32 Å². The highest BCUT2D eigenvalue weighted by Crippen LogP contribution is 2.21. The Bertz CT molecular complexity index is 771. The Hall–Kier alpha value is -2.57. The van der Waals surface area contributed by atoms with Gasteiger partial charge in [0, 0.05) is 0 Å². The van der Waals surface area contributed by atoms with Crippen LogP contribution in [0.1, 0.15) is 30.9 Å². The third-order valence-electron chi connectivity index (χ3n) is 3.40. The molecule has 3 nitrogen and oxygen atoms in total. The van der Waals surface area contributed by atoms with Crippen LogP contribution in [0.5, 0.6) is 0 Å². The molecule has 2 rings (SSSR count). The number of nitriles is 1. The second-order valence-corrected chi connectivity index (χ2v) is 5.83. The first-order chi connectivity index (χ1) is 11.0. The van der Waals surface area contributed by atoms with Gasteiger partial charge in [-0.1, -0.05) is 61.8 Å². The number of carbonyl (C=O) groups excluding carboxylic acids is 1. The van der Waals surface area contributed by atoms with E-state index in [1.165, 1.54) is 5.56 Å². The van der Waals surface area contributed by atoms with Gasteiger partial charge in [0.05, 0.1) is 10.7 Å². The molecule has 2 aromatic rings. The van der Waals surface area contributed by atoms with Gasteiger partial charge in [0.2, 0.25) is 0 Å². The highest BCUT2D eigenvalue weighted by Gasteiger charge is 2.11. The van der Waals surface area contributed by atoms with Crippen molar-refractivity contribution in [3.63, 3.8) is 0 Å². The summed E-state index contributed by atoms with van der Waals surface area (Å²) in [5.74, 6) is -0.0412. The number of hydrogen-bond donors (Lipinski definition) is 1. The van der Waals surface area contributed by atoms with Crippen molar-refractivity contribution in [3.8, 4) is 6.07 Å². The molecule has 0 fully saturated rings. The maximum atomic E-state index is 12.2. The minimum atomic E-state index is -0.478. The van der Waals surface area contributed by atoms with Crippen molar-refractivity contribution in [3.05, 3.63) is 70.3 Å². The predicted octanol–water partition coefficient (Wildman–Crippen LogP) is 5.01. The predicted molar refractivity (Wildman–Crippen MR) is 94.2 cm³/mol. The molecule has 0 aliphatic carbocycles. The van der Waals surface area contributed by atoms with Crippen molar-refractivity contribution in [2.24, 2.45) is 0 Å². The van der Waals surface area contributed by atoms with Crippen LogP contribution in [0.4, 0.5) is 5.69 Å². The topological polar surface area (TPSA) is 52.9 Å². The number of nitrogens with zero attached hydrogens (tertiary/aromatic N) is 1. The molecule has 4 heteroatoms. The summed E-state index contributed by atoms with van der Waals surface area (Å²) < 4.78 is 0. The van der Waals surface area contributed by atoms with Crippen LogP contribution in [-0.4, -0.2) is 5.91 Å². The van der Waals surface area contributed by atoms with Gasteiger partial charge in [-0.3, -0.25) is 4.79 Å². The van der Waals surface area contributed by atoms with Crippen LogP contribution in [0, 0.1) is 11.3 Å². The molecule has 0 radical (unpaired) electrons. The highest BCUT2D eigenvalue weighted by atomic mass is 35.5. The molecule has 0 heterocycles. The average molecular weight is 325 g/mol. The summed E-state index contributed by atoms with van der Waals surface area (Å²) in [7, 11) is 0. The van der Waals surface area contributed by atoms with Crippen molar-refractivity contribution in [2.75, 3.05) is 5.32 Å². The van der Waals surface area contributed by atoms with E-state index in [2.05, 4.69) is 19.2 Å². The molecule has 0 aliphatic rings. The average Bonchev–Trinajstić information content (AvgIpc) is 2.55. The van der Waals surface area contributed by atoms with Crippen LogP contribution >= 0.6 is 11.6 Å². The van der Waals surface area contributed by atoms with Gasteiger partial charge >= 0.3 is 0 Å².